The monoisotopic (exact) mass is 458 g/mol. The van der Waals surface area contributed by atoms with Crippen molar-refractivity contribution < 1.29 is 22.4 Å². The van der Waals surface area contributed by atoms with Crippen molar-refractivity contribution >= 4 is 11.9 Å². The third-order valence-electron chi connectivity index (χ3n) is 6.20. The summed E-state index contributed by atoms with van der Waals surface area (Å²) in [5.74, 6) is 0.125. The lowest BCUT2D eigenvalue weighted by Crippen LogP contribution is -2.53. The van der Waals surface area contributed by atoms with Crippen LogP contribution in [-0.2, 0) is 24.1 Å². The van der Waals surface area contributed by atoms with Crippen LogP contribution >= 0.6 is 0 Å². The maximum absolute atomic E-state index is 13.5. The van der Waals surface area contributed by atoms with Gasteiger partial charge >= 0.3 is 6.18 Å². The number of fused-ring (bicyclic) bond motifs is 2. The molecule has 2 aromatic rings. The Kier molecular flexibility index (Phi) is 5.44. The molecule has 172 valence electrons. The molecule has 0 saturated carbocycles. The molecule has 0 N–H and O–H groups in total. The van der Waals surface area contributed by atoms with Gasteiger partial charge in [-0.1, -0.05) is 30.3 Å². The van der Waals surface area contributed by atoms with Gasteiger partial charge in [-0.2, -0.15) is 13.2 Å². The molecule has 5 nitrogen and oxygen atoms in total. The summed E-state index contributed by atoms with van der Waals surface area (Å²) in [4.78, 5) is 23.7. The number of hydrogen-bond acceptors (Lipinski definition) is 4. The average Bonchev–Trinajstić information content (AvgIpc) is 3.27. The zero-order valence-electron chi connectivity index (χ0n) is 17.8. The van der Waals surface area contributed by atoms with Crippen molar-refractivity contribution in [1.82, 2.24) is 14.7 Å². The van der Waals surface area contributed by atoms with E-state index in [1.54, 1.807) is 23.1 Å². The number of carbonyl (C=O) groups is 1. The van der Waals surface area contributed by atoms with Gasteiger partial charge in [-0.05, 0) is 29.3 Å². The van der Waals surface area contributed by atoms with Crippen molar-refractivity contribution in [1.29, 1.82) is 0 Å². The highest BCUT2D eigenvalue weighted by Gasteiger charge is 2.41. The van der Waals surface area contributed by atoms with Gasteiger partial charge < -0.3 is 4.90 Å². The van der Waals surface area contributed by atoms with Crippen LogP contribution in [0.2, 0.25) is 0 Å². The molecular weight excluding hydrogens is 436 g/mol. The molecule has 0 radical (unpaired) electrons. The van der Waals surface area contributed by atoms with Crippen LogP contribution in [0.5, 0.6) is 0 Å². The summed E-state index contributed by atoms with van der Waals surface area (Å²) in [6.45, 7) is 2.88. The Bertz CT molecular complexity index is 1140. The smallest absolute Gasteiger partial charge is 0.314 e. The third-order valence-corrected chi connectivity index (χ3v) is 6.20. The first-order valence-electron chi connectivity index (χ1n) is 10.8. The predicted molar refractivity (Wildman–Crippen MR) is 114 cm³/mol. The highest BCUT2D eigenvalue weighted by molar-refractivity contribution is 6.09. The molecule has 0 unspecified atom stereocenters. The van der Waals surface area contributed by atoms with Gasteiger partial charge in [0.05, 0.1) is 24.2 Å². The summed E-state index contributed by atoms with van der Waals surface area (Å²) in [5, 5.41) is 0. The first-order valence-corrected chi connectivity index (χ1v) is 10.8. The topological polar surface area (TPSA) is 39.2 Å². The van der Waals surface area contributed by atoms with Gasteiger partial charge in [0, 0.05) is 38.3 Å². The zero-order valence-corrected chi connectivity index (χ0v) is 17.8. The van der Waals surface area contributed by atoms with E-state index < -0.39 is 11.7 Å². The Morgan fingerprint density at radius 3 is 2.52 bits per heavy atom. The lowest BCUT2D eigenvalue weighted by Gasteiger charge is -2.42. The highest BCUT2D eigenvalue weighted by atomic mass is 19.4. The van der Waals surface area contributed by atoms with Crippen molar-refractivity contribution in [3.63, 3.8) is 0 Å². The molecule has 0 bridgehead atoms. The minimum absolute atomic E-state index is 0.153. The maximum Gasteiger partial charge on any atom is 0.416 e. The summed E-state index contributed by atoms with van der Waals surface area (Å²) in [7, 11) is 0. The van der Waals surface area contributed by atoms with E-state index in [4.69, 9.17) is 0 Å². The zero-order chi connectivity index (χ0) is 23.2. The number of rotatable bonds is 4. The lowest BCUT2D eigenvalue weighted by atomic mass is 9.99. The van der Waals surface area contributed by atoms with E-state index in [0.717, 1.165) is 17.3 Å². The highest BCUT2D eigenvalue weighted by Crippen LogP contribution is 2.33. The van der Waals surface area contributed by atoms with Gasteiger partial charge in [-0.15, -0.1) is 0 Å². The molecule has 0 aromatic heterocycles. The minimum atomic E-state index is -4.39. The van der Waals surface area contributed by atoms with Crippen molar-refractivity contribution in [2.75, 3.05) is 26.2 Å². The number of nitrogens with zero attached hydrogens (tertiary/aromatic N) is 4. The molecule has 5 rings (SSSR count). The van der Waals surface area contributed by atoms with E-state index in [1.165, 1.54) is 24.3 Å². The van der Waals surface area contributed by atoms with Crippen molar-refractivity contribution in [3.8, 4) is 0 Å². The molecule has 0 fully saturated rings. The molecule has 0 atom stereocenters. The van der Waals surface area contributed by atoms with Crippen LogP contribution in [0.15, 0.2) is 64.8 Å². The average molecular weight is 458 g/mol. The first kappa shape index (κ1) is 21.6. The summed E-state index contributed by atoms with van der Waals surface area (Å²) in [6.07, 6.45) is -3.76. The fourth-order valence-corrected chi connectivity index (χ4v) is 4.63. The molecule has 2 aromatic carbocycles. The summed E-state index contributed by atoms with van der Waals surface area (Å²) in [6, 6.07) is 11.3. The van der Waals surface area contributed by atoms with Crippen LogP contribution in [-0.4, -0.2) is 52.7 Å². The second-order valence-electron chi connectivity index (χ2n) is 8.44. The number of carbonyl (C=O) groups excluding carboxylic acids is 1. The van der Waals surface area contributed by atoms with E-state index in [-0.39, 0.29) is 18.3 Å². The number of halogens is 4. The Hall–Kier alpha value is -3.20. The van der Waals surface area contributed by atoms with Crippen LogP contribution in [0.4, 0.5) is 17.6 Å². The third kappa shape index (κ3) is 4.25. The fraction of sp³-hybridized carbons (Fsp3) is 0.333. The molecule has 1 amide bonds. The minimum Gasteiger partial charge on any atom is -0.314 e. The van der Waals surface area contributed by atoms with Gasteiger partial charge in [0.15, 0.2) is 0 Å². The Morgan fingerprint density at radius 1 is 0.970 bits per heavy atom. The first-order chi connectivity index (χ1) is 15.8. The molecule has 0 aliphatic carbocycles. The van der Waals surface area contributed by atoms with E-state index in [9.17, 15) is 22.4 Å². The predicted octanol–water partition coefficient (Wildman–Crippen LogP) is 4.02. The van der Waals surface area contributed by atoms with Crippen LogP contribution in [0.3, 0.4) is 0 Å². The molecule has 9 heteroatoms. The van der Waals surface area contributed by atoms with E-state index in [2.05, 4.69) is 9.89 Å². The van der Waals surface area contributed by atoms with E-state index in [1.807, 2.05) is 4.90 Å². The van der Waals surface area contributed by atoms with E-state index in [0.29, 0.717) is 56.2 Å². The van der Waals surface area contributed by atoms with Gasteiger partial charge in [-0.25, -0.2) is 4.39 Å². The molecule has 33 heavy (non-hydrogen) atoms. The number of hydrogen-bond donors (Lipinski definition) is 0. The van der Waals surface area contributed by atoms with Crippen LogP contribution in [0.25, 0.3) is 0 Å². The summed E-state index contributed by atoms with van der Waals surface area (Å²) in [5.41, 5.74) is 2.28. The Balaban J connectivity index is 1.37. The largest absolute Gasteiger partial charge is 0.416 e. The van der Waals surface area contributed by atoms with Crippen LogP contribution in [0, 0.1) is 5.82 Å². The second kappa shape index (κ2) is 8.30. The number of benzene rings is 2. The Labute approximate surface area is 188 Å². The molecular formula is C24H22F4N4O. The molecule has 3 heterocycles. The van der Waals surface area contributed by atoms with Gasteiger partial charge in [0.25, 0.3) is 5.91 Å². The molecule has 3 aliphatic rings. The maximum atomic E-state index is 13.5. The number of guanidine groups is 1. The molecule has 0 spiro atoms. The number of amides is 1. The Morgan fingerprint density at radius 2 is 1.76 bits per heavy atom. The van der Waals surface area contributed by atoms with Crippen molar-refractivity contribution in [2.24, 2.45) is 4.99 Å². The molecule has 3 aliphatic heterocycles. The van der Waals surface area contributed by atoms with Gasteiger partial charge in [0.1, 0.15) is 5.82 Å². The SMILES string of the molecule is O=C1C2=C(CCN(Cc3cccc(C(F)(F)F)c3)C2)N2CCN=C2N1Cc1ccc(F)cc1. The quantitative estimate of drug-likeness (QED) is 0.650. The van der Waals surface area contributed by atoms with Crippen LogP contribution < -0.4 is 0 Å². The van der Waals surface area contributed by atoms with E-state index >= 15 is 0 Å². The normalized spacial score (nSPS) is 19.0. The van der Waals surface area contributed by atoms with Crippen LogP contribution in [0.1, 0.15) is 23.1 Å². The number of aliphatic imine (C=N–C) groups is 1. The fourth-order valence-electron chi connectivity index (χ4n) is 4.63. The van der Waals surface area contributed by atoms with Crippen molar-refractivity contribution in [3.05, 3.63) is 82.3 Å². The standard InChI is InChI=1S/C24H22F4N4O/c25-19-6-4-16(5-7-19)14-32-22(33)20-15-30(10-8-21(20)31-11-9-29-23(31)32)13-17-2-1-3-18(12-17)24(26,27)28/h1-7,12H,8-11,13-15H2. The second-order valence-corrected chi connectivity index (χ2v) is 8.44. The van der Waals surface area contributed by atoms with Crippen molar-refractivity contribution in [2.45, 2.75) is 25.7 Å². The summed E-state index contributed by atoms with van der Waals surface area (Å²) >= 11 is 0. The summed E-state index contributed by atoms with van der Waals surface area (Å²) < 4.78 is 52.5. The lowest BCUT2D eigenvalue weighted by molar-refractivity contribution is -0.137. The van der Waals surface area contributed by atoms with Gasteiger partial charge in [-0.3, -0.25) is 19.6 Å². The van der Waals surface area contributed by atoms with Gasteiger partial charge in [0.2, 0.25) is 5.96 Å². The molecule has 0 saturated heterocycles. The number of alkyl halides is 3.